The predicted octanol–water partition coefficient (Wildman–Crippen LogP) is 8.00. The second kappa shape index (κ2) is 13.3. The lowest BCUT2D eigenvalue weighted by Crippen LogP contribution is -2.26. The zero-order valence-corrected chi connectivity index (χ0v) is 22.0. The van der Waals surface area contributed by atoms with Crippen LogP contribution in [-0.4, -0.2) is 25.3 Å². The van der Waals surface area contributed by atoms with E-state index in [9.17, 15) is 18.0 Å². The van der Waals surface area contributed by atoms with Crippen LogP contribution in [0.5, 0.6) is 11.5 Å². The minimum Gasteiger partial charge on any atom is -0.493 e. The van der Waals surface area contributed by atoms with Crippen molar-refractivity contribution < 1.29 is 32.2 Å². The van der Waals surface area contributed by atoms with Crippen molar-refractivity contribution in [3.63, 3.8) is 0 Å². The maximum atomic E-state index is 14.9. The van der Waals surface area contributed by atoms with Gasteiger partial charge >= 0.3 is 5.97 Å². The first-order chi connectivity index (χ1) is 18.4. The molecule has 2 fully saturated rings. The van der Waals surface area contributed by atoms with Gasteiger partial charge in [-0.15, -0.1) is 6.58 Å². The fourth-order valence-corrected chi connectivity index (χ4v) is 5.74. The molecule has 0 heterocycles. The van der Waals surface area contributed by atoms with Crippen molar-refractivity contribution in [1.29, 1.82) is 0 Å². The maximum absolute atomic E-state index is 14.9. The van der Waals surface area contributed by atoms with Crippen molar-refractivity contribution in [2.75, 3.05) is 13.2 Å². The van der Waals surface area contributed by atoms with E-state index in [-0.39, 0.29) is 29.5 Å². The number of halogens is 3. The second-order valence-electron chi connectivity index (χ2n) is 10.3. The van der Waals surface area contributed by atoms with Gasteiger partial charge in [-0.05, 0) is 99.8 Å². The highest BCUT2D eigenvalue weighted by Crippen LogP contribution is 2.40. The quantitative estimate of drug-likeness (QED) is 0.135. The van der Waals surface area contributed by atoms with Crippen molar-refractivity contribution in [2.45, 2.75) is 82.7 Å². The lowest BCUT2D eigenvalue weighted by Gasteiger charge is -2.29. The third-order valence-electron chi connectivity index (χ3n) is 7.87. The Morgan fingerprint density at radius 2 is 1.58 bits per heavy atom. The van der Waals surface area contributed by atoms with Gasteiger partial charge in [-0.1, -0.05) is 18.2 Å². The molecule has 0 N–H and O–H groups in total. The molecule has 0 amide bonds. The summed E-state index contributed by atoms with van der Waals surface area (Å²) in [6.45, 7) is 6.68. The van der Waals surface area contributed by atoms with Crippen molar-refractivity contribution >= 4 is 5.97 Å². The van der Waals surface area contributed by atoms with Crippen LogP contribution in [0.15, 0.2) is 43.0 Å². The van der Waals surface area contributed by atoms with E-state index in [1.807, 2.05) is 6.92 Å². The fraction of sp³-hybridized carbons (Fsp3) is 0.516. The van der Waals surface area contributed by atoms with Crippen molar-refractivity contribution in [2.24, 2.45) is 5.92 Å². The van der Waals surface area contributed by atoms with E-state index in [0.717, 1.165) is 25.7 Å². The standard InChI is InChI=1S/C31H37F3O4/c1-3-5-18-37-24-14-15-25(27(32)19-24)20-6-8-22(9-7-20)31(35)38-28-17-16-26(29(33)30(28)34)21-10-12-23(13-11-21)36-4-2/h3,14-17,19-23H,1,4-13,18H2,2H3. The number of carbonyl (C=O) groups excluding carboxylic acids is 1. The molecular formula is C31H37F3O4. The van der Waals surface area contributed by atoms with Crippen molar-refractivity contribution in [3.05, 3.63) is 71.6 Å². The van der Waals surface area contributed by atoms with Gasteiger partial charge in [0.2, 0.25) is 5.82 Å². The number of carbonyl (C=O) groups is 1. The Morgan fingerprint density at radius 1 is 0.921 bits per heavy atom. The zero-order chi connectivity index (χ0) is 27.1. The minimum absolute atomic E-state index is 0.0208. The molecule has 0 spiro atoms. The molecule has 4 nitrogen and oxygen atoms in total. The van der Waals surface area contributed by atoms with Gasteiger partial charge in [0, 0.05) is 12.7 Å². The van der Waals surface area contributed by atoms with Crippen molar-refractivity contribution in [1.82, 2.24) is 0 Å². The Labute approximate surface area is 223 Å². The molecule has 4 rings (SSSR count). The van der Waals surface area contributed by atoms with Crippen LogP contribution in [0.4, 0.5) is 13.2 Å². The third-order valence-corrected chi connectivity index (χ3v) is 7.87. The first-order valence-electron chi connectivity index (χ1n) is 13.8. The van der Waals surface area contributed by atoms with E-state index in [2.05, 4.69) is 6.58 Å². The normalized spacial score (nSPS) is 23.6. The van der Waals surface area contributed by atoms with E-state index in [1.165, 1.54) is 18.2 Å². The Hall–Kier alpha value is -2.80. The molecule has 0 radical (unpaired) electrons. The molecule has 2 aliphatic carbocycles. The van der Waals surface area contributed by atoms with E-state index in [4.69, 9.17) is 14.2 Å². The Kier molecular flexibility index (Phi) is 9.89. The average Bonchev–Trinajstić information content (AvgIpc) is 2.92. The van der Waals surface area contributed by atoms with Gasteiger partial charge in [0.1, 0.15) is 11.6 Å². The summed E-state index contributed by atoms with van der Waals surface area (Å²) in [5.41, 5.74) is 0.934. The Balaban J connectivity index is 1.31. The highest BCUT2D eigenvalue weighted by atomic mass is 19.2. The molecule has 2 aromatic rings. The van der Waals surface area contributed by atoms with Gasteiger partial charge in [-0.2, -0.15) is 4.39 Å². The monoisotopic (exact) mass is 530 g/mol. The van der Waals surface area contributed by atoms with Crippen LogP contribution in [0.2, 0.25) is 0 Å². The molecule has 2 aromatic carbocycles. The molecule has 0 aromatic heterocycles. The summed E-state index contributed by atoms with van der Waals surface area (Å²) in [6, 6.07) is 7.79. The van der Waals surface area contributed by atoms with Gasteiger partial charge in [-0.3, -0.25) is 4.79 Å². The number of benzene rings is 2. The first kappa shape index (κ1) is 28.2. The van der Waals surface area contributed by atoms with Crippen LogP contribution in [0.25, 0.3) is 0 Å². The largest absolute Gasteiger partial charge is 0.493 e. The highest BCUT2D eigenvalue weighted by molar-refractivity contribution is 5.75. The average molecular weight is 531 g/mol. The summed E-state index contributed by atoms with van der Waals surface area (Å²) in [4.78, 5) is 12.8. The molecule has 7 heteroatoms. The molecule has 2 aliphatic rings. The van der Waals surface area contributed by atoms with Gasteiger partial charge < -0.3 is 14.2 Å². The van der Waals surface area contributed by atoms with Gasteiger partial charge in [0.15, 0.2) is 11.6 Å². The van der Waals surface area contributed by atoms with Crippen LogP contribution < -0.4 is 9.47 Å². The number of rotatable bonds is 10. The summed E-state index contributed by atoms with van der Waals surface area (Å²) in [6.07, 6.45) is 7.89. The lowest BCUT2D eigenvalue weighted by molar-refractivity contribution is -0.140. The molecule has 2 saturated carbocycles. The highest BCUT2D eigenvalue weighted by Gasteiger charge is 2.32. The lowest BCUT2D eigenvalue weighted by atomic mass is 9.78. The van der Waals surface area contributed by atoms with E-state index < -0.39 is 23.5 Å². The van der Waals surface area contributed by atoms with Crippen LogP contribution in [-0.2, 0) is 9.53 Å². The Bertz CT molecular complexity index is 1100. The van der Waals surface area contributed by atoms with E-state index in [0.29, 0.717) is 62.2 Å². The first-order valence-corrected chi connectivity index (χ1v) is 13.8. The third kappa shape index (κ3) is 6.79. The van der Waals surface area contributed by atoms with Gasteiger partial charge in [0.25, 0.3) is 0 Å². The Morgan fingerprint density at radius 3 is 2.24 bits per heavy atom. The molecule has 0 saturated heterocycles. The maximum Gasteiger partial charge on any atom is 0.314 e. The second-order valence-corrected chi connectivity index (χ2v) is 10.3. The molecule has 206 valence electrons. The van der Waals surface area contributed by atoms with E-state index >= 15 is 0 Å². The van der Waals surface area contributed by atoms with Crippen LogP contribution >= 0.6 is 0 Å². The minimum atomic E-state index is -1.12. The van der Waals surface area contributed by atoms with Crippen LogP contribution in [0.1, 0.15) is 87.7 Å². The fourth-order valence-electron chi connectivity index (χ4n) is 5.74. The van der Waals surface area contributed by atoms with Crippen LogP contribution in [0, 0.1) is 23.4 Å². The summed E-state index contributed by atoms with van der Waals surface area (Å²) >= 11 is 0. The summed E-state index contributed by atoms with van der Waals surface area (Å²) in [7, 11) is 0. The molecule has 38 heavy (non-hydrogen) atoms. The summed E-state index contributed by atoms with van der Waals surface area (Å²) in [5, 5.41) is 0. The zero-order valence-electron chi connectivity index (χ0n) is 22.0. The molecule has 0 aliphatic heterocycles. The van der Waals surface area contributed by atoms with Gasteiger partial charge in [-0.25, -0.2) is 8.78 Å². The smallest absolute Gasteiger partial charge is 0.314 e. The van der Waals surface area contributed by atoms with Gasteiger partial charge in [0.05, 0.1) is 18.6 Å². The number of esters is 1. The summed E-state index contributed by atoms with van der Waals surface area (Å²) in [5.74, 6) is -3.38. The molecule has 0 bridgehead atoms. The number of hydrogen-bond acceptors (Lipinski definition) is 4. The topological polar surface area (TPSA) is 44.8 Å². The van der Waals surface area contributed by atoms with Crippen molar-refractivity contribution in [3.8, 4) is 11.5 Å². The van der Waals surface area contributed by atoms with E-state index in [1.54, 1.807) is 18.2 Å². The number of ether oxygens (including phenoxy) is 3. The molecule has 0 unspecified atom stereocenters. The predicted molar refractivity (Wildman–Crippen MR) is 140 cm³/mol. The molecular weight excluding hydrogens is 493 g/mol. The SMILES string of the molecule is C=CCCOc1ccc(C2CCC(C(=O)Oc3ccc(C4CCC(OCC)CC4)c(F)c3F)CC2)c(F)c1. The summed E-state index contributed by atoms with van der Waals surface area (Å²) < 4.78 is 61.0. The molecule has 0 atom stereocenters. The van der Waals surface area contributed by atoms with Crippen LogP contribution in [0.3, 0.4) is 0 Å². The number of hydrogen-bond donors (Lipinski definition) is 0.